The Bertz CT molecular complexity index is 2360. The molecule has 414 valence electrons. The van der Waals surface area contributed by atoms with E-state index in [-0.39, 0.29) is 25.5 Å². The quantitative estimate of drug-likeness (QED) is 0.0837. The minimum atomic E-state index is -2.15. The van der Waals surface area contributed by atoms with Crippen molar-refractivity contribution in [3.63, 3.8) is 0 Å². The van der Waals surface area contributed by atoms with Gasteiger partial charge >= 0.3 is 6.09 Å². The van der Waals surface area contributed by atoms with Gasteiger partial charge in [0.05, 0.1) is 49.7 Å². The highest BCUT2D eigenvalue weighted by atomic mass is 79.9. The van der Waals surface area contributed by atoms with Crippen LogP contribution in [0.2, 0.25) is 0 Å². The van der Waals surface area contributed by atoms with E-state index in [9.17, 15) is 69.0 Å². The molecule has 0 radical (unpaired) electrons. The lowest BCUT2D eigenvalue weighted by molar-refractivity contribution is -0.147. The van der Waals surface area contributed by atoms with Gasteiger partial charge in [0.1, 0.15) is 48.5 Å². The number of alkyl halides is 1. The molecular formula is C49H69BrN8O17. The van der Waals surface area contributed by atoms with Crippen LogP contribution >= 0.6 is 15.9 Å². The fraction of sp³-hybridized carbons (Fsp3) is 0.592. The lowest BCUT2D eigenvalue weighted by atomic mass is 9.98. The normalized spacial score (nSPS) is 27.7. The van der Waals surface area contributed by atoms with E-state index in [2.05, 4.69) is 42.5 Å². The second-order valence-electron chi connectivity index (χ2n) is 19.9. The molecule has 8 amide bonds. The molecule has 3 aliphatic rings. The van der Waals surface area contributed by atoms with Crippen LogP contribution in [0.3, 0.4) is 0 Å². The molecule has 13 atom stereocenters. The minimum absolute atomic E-state index is 0.165. The first-order chi connectivity index (χ1) is 35.3. The first-order valence-electron chi connectivity index (χ1n) is 24.4. The van der Waals surface area contributed by atoms with E-state index >= 15 is 0 Å². The number of β-amino-alcohol motifs (C(OH)–C–C–N with tert-alkyl or cyclic N) is 1. The molecule has 75 heavy (non-hydrogen) atoms. The first-order valence-corrected chi connectivity index (χ1v) is 25.5. The third kappa shape index (κ3) is 16.4. The number of alkyl carbamates (subject to hydrolysis) is 1. The zero-order valence-corrected chi connectivity index (χ0v) is 43.8. The summed E-state index contributed by atoms with van der Waals surface area (Å²) >= 11 is 3.33. The van der Waals surface area contributed by atoms with Crippen molar-refractivity contribution in [2.45, 2.75) is 145 Å². The number of hydrogen-bond donors (Lipinski definition) is 12. The number of ether oxygens (including phenoxy) is 3. The summed E-state index contributed by atoms with van der Waals surface area (Å²) in [4.78, 5) is 113. The van der Waals surface area contributed by atoms with Gasteiger partial charge in [-0.15, -0.1) is 0 Å². The number of halogens is 1. The van der Waals surface area contributed by atoms with Crippen LogP contribution in [0.25, 0.3) is 0 Å². The molecule has 0 spiro atoms. The maximum Gasteiger partial charge on any atom is 0.408 e. The minimum Gasteiger partial charge on any atom is -0.489 e. The summed E-state index contributed by atoms with van der Waals surface area (Å²) in [6.45, 7) is 6.01. The van der Waals surface area contributed by atoms with Crippen molar-refractivity contribution in [1.82, 2.24) is 36.4 Å². The number of nitrogens with two attached hydrogens (primary N) is 1. The molecule has 3 aliphatic heterocycles. The van der Waals surface area contributed by atoms with Gasteiger partial charge in [-0.1, -0.05) is 59.3 Å². The highest BCUT2D eigenvalue weighted by molar-refractivity contribution is 9.09. The monoisotopic (exact) mass is 1120 g/mol. The van der Waals surface area contributed by atoms with Crippen molar-refractivity contribution in [3.8, 4) is 11.5 Å². The number of nitrogens with zero attached hydrogens (tertiary/aromatic N) is 2. The topological polar surface area (TPSA) is 378 Å². The SMILES string of the molecule is C[C@@H](O)[C@@H]1NC(=O)[C@@H](NC(=O)OC(C)(C)C)C[C@@H](O)CNC(=O)[C@@H]2[C@@H](O)[C@@H](C)CN2C(=O)[C@H]([C@H](O)CC(N)=O)NC(=O)[C@H]([C@H](O)Cc2ccc(OCc3ccccc3)c(OCCBr)c2)NC(=O)[C@@H]2C[C@@H](O)CN2C1=O. The van der Waals surface area contributed by atoms with E-state index in [0.29, 0.717) is 16.6 Å². The molecule has 25 nitrogen and oxygen atoms in total. The molecule has 2 aromatic carbocycles. The number of aliphatic hydroxyl groups excluding tert-OH is 6. The number of aliphatic hydroxyl groups is 6. The average Bonchev–Trinajstić information content (AvgIpc) is 3.88. The van der Waals surface area contributed by atoms with Crippen LogP contribution in [0.15, 0.2) is 48.5 Å². The summed E-state index contributed by atoms with van der Waals surface area (Å²) in [5, 5.41) is 80.0. The molecular weight excluding hydrogens is 1050 g/mol. The Kier molecular flexibility index (Phi) is 21.1. The van der Waals surface area contributed by atoms with Gasteiger partial charge in [-0.3, -0.25) is 33.6 Å². The van der Waals surface area contributed by atoms with Gasteiger partial charge in [0.2, 0.25) is 41.4 Å². The molecule has 0 saturated carbocycles. The molecule has 5 rings (SSSR count). The zero-order valence-electron chi connectivity index (χ0n) is 42.2. The summed E-state index contributed by atoms with van der Waals surface area (Å²) in [5.74, 6) is -8.43. The first kappa shape index (κ1) is 59.7. The highest BCUT2D eigenvalue weighted by Gasteiger charge is 2.50. The summed E-state index contributed by atoms with van der Waals surface area (Å²) in [6.07, 6.45) is -14.0. The summed E-state index contributed by atoms with van der Waals surface area (Å²) in [7, 11) is 0. The number of fused-ring (bicyclic) bond motifs is 2. The Balaban J connectivity index is 1.59. The maximum absolute atomic E-state index is 14.7. The van der Waals surface area contributed by atoms with Crippen LogP contribution in [0.1, 0.15) is 65.0 Å². The van der Waals surface area contributed by atoms with Crippen LogP contribution in [-0.2, 0) is 51.3 Å². The van der Waals surface area contributed by atoms with Crippen molar-refractivity contribution in [2.24, 2.45) is 11.7 Å². The molecule has 0 aliphatic carbocycles. The summed E-state index contributed by atoms with van der Waals surface area (Å²) in [6, 6.07) is 2.63. The number of benzene rings is 2. The Morgan fingerprint density at radius 2 is 1.44 bits per heavy atom. The van der Waals surface area contributed by atoms with E-state index in [0.717, 1.165) is 22.3 Å². The number of amides is 8. The van der Waals surface area contributed by atoms with Gasteiger partial charge in [-0.25, -0.2) is 4.79 Å². The van der Waals surface area contributed by atoms with Crippen molar-refractivity contribution in [3.05, 3.63) is 59.7 Å². The average molecular weight is 1120 g/mol. The van der Waals surface area contributed by atoms with Crippen LogP contribution in [0.4, 0.5) is 4.79 Å². The van der Waals surface area contributed by atoms with Gasteiger partial charge in [-0.2, -0.15) is 0 Å². The van der Waals surface area contributed by atoms with Gasteiger partial charge in [0.15, 0.2) is 11.5 Å². The fourth-order valence-electron chi connectivity index (χ4n) is 8.85. The van der Waals surface area contributed by atoms with Gasteiger partial charge in [0, 0.05) is 50.1 Å². The van der Waals surface area contributed by atoms with Gasteiger partial charge < -0.3 is 87.0 Å². The molecule has 13 N–H and O–H groups in total. The largest absolute Gasteiger partial charge is 0.489 e. The number of primary amides is 1. The van der Waals surface area contributed by atoms with E-state index in [1.807, 2.05) is 30.3 Å². The van der Waals surface area contributed by atoms with Gasteiger partial charge in [-0.05, 0) is 51.0 Å². The van der Waals surface area contributed by atoms with E-state index < -0.39 is 171 Å². The zero-order chi connectivity index (χ0) is 55.5. The van der Waals surface area contributed by atoms with Crippen molar-refractivity contribution < 1.29 is 83.2 Å². The van der Waals surface area contributed by atoms with Crippen LogP contribution in [-0.4, -0.2) is 198 Å². The number of nitrogens with one attached hydrogen (secondary N) is 5. The Morgan fingerprint density at radius 1 is 0.787 bits per heavy atom. The summed E-state index contributed by atoms with van der Waals surface area (Å²) in [5.41, 5.74) is 5.52. The second kappa shape index (κ2) is 26.6. The smallest absolute Gasteiger partial charge is 0.408 e. The predicted molar refractivity (Wildman–Crippen MR) is 267 cm³/mol. The Labute approximate surface area is 441 Å². The lowest BCUT2D eigenvalue weighted by Gasteiger charge is -2.33. The lowest BCUT2D eigenvalue weighted by Crippen LogP contribution is -2.64. The molecule has 0 aromatic heterocycles. The molecule has 3 fully saturated rings. The third-order valence-electron chi connectivity index (χ3n) is 12.6. The second-order valence-corrected chi connectivity index (χ2v) is 20.7. The van der Waals surface area contributed by atoms with Crippen LogP contribution < -0.4 is 41.8 Å². The maximum atomic E-state index is 14.7. The van der Waals surface area contributed by atoms with Crippen molar-refractivity contribution >= 4 is 63.4 Å². The third-order valence-corrected chi connectivity index (χ3v) is 12.9. The standard InChI is InChI=1S/C49H69BrN8O17/c1-24-21-58-40(41(24)65)45(69)52-20-28(60)17-30(53-48(72)75-49(3,4)5)42(66)54-37(25(2)59)46(70)57-22-29(61)18-31(57)43(67)55-38(44(68)56-39(47(58)71)33(63)19-36(51)64)32(62)15-27-11-12-34(35(16-27)73-14-13-50)74-23-26-9-7-6-8-10-26/h6-12,16,24-25,28-33,37-41,59-63,65H,13-15,17-23H2,1-5H3,(H2,51,64)(H,52,69)(H,53,72)(H,54,66)(H,55,67)(H,56,68)/t24-,25+,28+,29+,30-,31-,32+,33+,37-,38-,39-,40-,41-/m0/s1. The Morgan fingerprint density at radius 3 is 2.08 bits per heavy atom. The van der Waals surface area contributed by atoms with E-state index in [4.69, 9.17) is 19.9 Å². The fourth-order valence-corrected chi connectivity index (χ4v) is 9.01. The molecule has 26 heteroatoms. The predicted octanol–water partition coefficient (Wildman–Crippen LogP) is -3.04. The van der Waals surface area contributed by atoms with E-state index in [1.54, 1.807) is 12.1 Å². The molecule has 0 unspecified atom stereocenters. The Hall–Kier alpha value is -6.16. The molecule has 2 aromatic rings. The van der Waals surface area contributed by atoms with Crippen LogP contribution in [0, 0.1) is 5.92 Å². The number of carbonyl (C=O) groups excluding carboxylic acids is 8. The van der Waals surface area contributed by atoms with E-state index in [1.165, 1.54) is 33.8 Å². The molecule has 3 saturated heterocycles. The summed E-state index contributed by atoms with van der Waals surface area (Å²) < 4.78 is 17.3. The van der Waals surface area contributed by atoms with Crippen molar-refractivity contribution in [1.29, 1.82) is 0 Å². The highest BCUT2D eigenvalue weighted by Crippen LogP contribution is 2.31. The molecule has 3 heterocycles. The van der Waals surface area contributed by atoms with Gasteiger partial charge in [0.25, 0.3) is 0 Å². The van der Waals surface area contributed by atoms with Crippen LogP contribution in [0.5, 0.6) is 11.5 Å². The number of rotatable bonds is 14. The molecule has 0 bridgehead atoms. The number of carbonyl (C=O) groups is 8. The number of hydrogen-bond acceptors (Lipinski definition) is 17. The van der Waals surface area contributed by atoms with Crippen molar-refractivity contribution in [2.75, 3.05) is 31.6 Å².